The minimum Gasteiger partial charge on any atom is -0.496 e. The smallest absolute Gasteiger partial charge is 0.283 e. The van der Waals surface area contributed by atoms with Gasteiger partial charge in [-0.05, 0) is 72.1 Å². The molecule has 0 aliphatic carbocycles. The normalized spacial score (nSPS) is 11.8. The van der Waals surface area contributed by atoms with E-state index < -0.39 is 11.7 Å². The Morgan fingerprint density at radius 2 is 1.64 bits per heavy atom. The van der Waals surface area contributed by atoms with E-state index in [-0.39, 0.29) is 0 Å². The number of methoxy groups -OCH3 is 1. The number of fused-ring (bicyclic) bond motifs is 1. The molecule has 1 heterocycles. The SMILES string of the molecule is COc1ccc(Nc2ccc(CCNC[C@H](O)c3cccc4c3ccc(=O)n4O)cc2)cc1-c1ccccc1. The second kappa shape index (κ2) is 11.9. The van der Waals surface area contributed by atoms with E-state index >= 15 is 0 Å². The topological polar surface area (TPSA) is 95.8 Å². The lowest BCUT2D eigenvalue weighted by molar-refractivity contribution is 0.175. The van der Waals surface area contributed by atoms with E-state index in [2.05, 4.69) is 53.1 Å². The minimum atomic E-state index is -0.775. The number of aliphatic hydroxyl groups excluding tert-OH is 1. The van der Waals surface area contributed by atoms with Crippen LogP contribution in [0.4, 0.5) is 11.4 Å². The number of pyridine rings is 1. The van der Waals surface area contributed by atoms with Gasteiger partial charge in [0.25, 0.3) is 5.56 Å². The predicted octanol–water partition coefficient (Wildman–Crippen LogP) is 5.52. The number of ether oxygens (including phenoxy) is 1. The van der Waals surface area contributed by atoms with E-state index in [1.54, 1.807) is 31.4 Å². The Bertz CT molecular complexity index is 1620. The summed E-state index contributed by atoms with van der Waals surface area (Å²) in [4.78, 5) is 11.7. The number of hydrogen-bond acceptors (Lipinski definition) is 6. The quantitative estimate of drug-likeness (QED) is 0.143. The van der Waals surface area contributed by atoms with Gasteiger partial charge in [-0.2, -0.15) is 0 Å². The molecule has 0 radical (unpaired) electrons. The van der Waals surface area contributed by atoms with Crippen molar-refractivity contribution in [3.8, 4) is 16.9 Å². The first-order valence-electron chi connectivity index (χ1n) is 12.9. The molecule has 4 aromatic carbocycles. The molecule has 0 saturated carbocycles. The second-order valence-corrected chi connectivity index (χ2v) is 9.34. The number of aliphatic hydroxyl groups is 1. The number of nitrogens with one attached hydrogen (secondary N) is 2. The van der Waals surface area contributed by atoms with Crippen LogP contribution < -0.4 is 20.9 Å². The zero-order chi connectivity index (χ0) is 27.2. The molecule has 0 amide bonds. The summed E-state index contributed by atoms with van der Waals surface area (Å²) in [5, 5.41) is 28.1. The molecular weight excluding hydrogens is 490 g/mol. The second-order valence-electron chi connectivity index (χ2n) is 9.34. The van der Waals surface area contributed by atoms with Gasteiger partial charge in [-0.25, -0.2) is 0 Å². The van der Waals surface area contributed by atoms with Gasteiger partial charge in [0, 0.05) is 34.9 Å². The van der Waals surface area contributed by atoms with E-state index in [0.717, 1.165) is 34.7 Å². The Kier molecular flexibility index (Phi) is 7.91. The largest absolute Gasteiger partial charge is 0.496 e. The summed E-state index contributed by atoms with van der Waals surface area (Å²) in [5.74, 6) is 0.828. The Balaban J connectivity index is 1.16. The number of rotatable bonds is 10. The van der Waals surface area contributed by atoms with Crippen LogP contribution in [0.3, 0.4) is 0 Å². The van der Waals surface area contributed by atoms with Crippen molar-refractivity contribution in [1.82, 2.24) is 10.0 Å². The van der Waals surface area contributed by atoms with Crippen molar-refractivity contribution in [3.63, 3.8) is 0 Å². The number of nitrogens with zero attached hydrogens (tertiary/aromatic N) is 1. The molecule has 1 aromatic heterocycles. The molecule has 0 bridgehead atoms. The van der Waals surface area contributed by atoms with E-state index in [4.69, 9.17) is 4.74 Å². The van der Waals surface area contributed by atoms with Crippen molar-refractivity contribution < 1.29 is 15.1 Å². The highest BCUT2D eigenvalue weighted by Gasteiger charge is 2.13. The van der Waals surface area contributed by atoms with Crippen LogP contribution in [0, 0.1) is 0 Å². The summed E-state index contributed by atoms with van der Waals surface area (Å²) in [6.07, 6.45) is 0.0300. The van der Waals surface area contributed by atoms with Crippen LogP contribution in [-0.2, 0) is 6.42 Å². The Hall–Kier alpha value is -4.59. The molecule has 0 spiro atoms. The summed E-state index contributed by atoms with van der Waals surface area (Å²) >= 11 is 0. The third-order valence-corrected chi connectivity index (χ3v) is 6.76. The average Bonchev–Trinajstić information content (AvgIpc) is 2.98. The highest BCUT2D eigenvalue weighted by Crippen LogP contribution is 2.33. The molecule has 4 N–H and O–H groups in total. The molecule has 5 aromatic rings. The molecular formula is C32H31N3O4. The molecule has 0 unspecified atom stereocenters. The summed E-state index contributed by atoms with van der Waals surface area (Å²) in [5.41, 5.74) is 5.80. The van der Waals surface area contributed by atoms with Gasteiger partial charge < -0.3 is 25.7 Å². The van der Waals surface area contributed by atoms with Crippen LogP contribution in [0.1, 0.15) is 17.2 Å². The fourth-order valence-electron chi connectivity index (χ4n) is 4.70. The summed E-state index contributed by atoms with van der Waals surface area (Å²) in [7, 11) is 1.68. The van der Waals surface area contributed by atoms with Crippen LogP contribution in [0.15, 0.2) is 108 Å². The Morgan fingerprint density at radius 3 is 2.41 bits per heavy atom. The first kappa shape index (κ1) is 26.0. The molecule has 0 fully saturated rings. The van der Waals surface area contributed by atoms with Crippen LogP contribution in [-0.4, -0.2) is 35.2 Å². The van der Waals surface area contributed by atoms with Crippen molar-refractivity contribution in [3.05, 3.63) is 125 Å². The van der Waals surface area contributed by atoms with Crippen molar-refractivity contribution in [1.29, 1.82) is 0 Å². The molecule has 5 rings (SSSR count). The lowest BCUT2D eigenvalue weighted by atomic mass is 10.0. The first-order chi connectivity index (χ1) is 19.0. The van der Waals surface area contributed by atoms with E-state index in [0.29, 0.717) is 34.3 Å². The molecule has 0 aliphatic heterocycles. The van der Waals surface area contributed by atoms with Crippen LogP contribution >= 0.6 is 0 Å². The lowest BCUT2D eigenvalue weighted by Gasteiger charge is -2.15. The zero-order valence-electron chi connectivity index (χ0n) is 21.7. The van der Waals surface area contributed by atoms with Crippen molar-refractivity contribution >= 4 is 22.3 Å². The highest BCUT2D eigenvalue weighted by molar-refractivity contribution is 5.82. The van der Waals surface area contributed by atoms with Crippen LogP contribution in [0.5, 0.6) is 5.75 Å². The molecule has 7 nitrogen and oxygen atoms in total. The monoisotopic (exact) mass is 521 g/mol. The number of benzene rings is 4. The van der Waals surface area contributed by atoms with Gasteiger partial charge in [0.15, 0.2) is 0 Å². The summed E-state index contributed by atoms with van der Waals surface area (Å²) < 4.78 is 6.17. The van der Waals surface area contributed by atoms with Crippen molar-refractivity contribution in [2.24, 2.45) is 0 Å². The van der Waals surface area contributed by atoms with Crippen LogP contribution in [0.2, 0.25) is 0 Å². The molecule has 0 saturated heterocycles. The summed E-state index contributed by atoms with van der Waals surface area (Å²) in [6, 6.07) is 32.6. The Labute approximate surface area is 226 Å². The van der Waals surface area contributed by atoms with E-state index in [9.17, 15) is 15.1 Å². The molecule has 1 atom stereocenters. The van der Waals surface area contributed by atoms with Gasteiger partial charge in [-0.3, -0.25) is 4.79 Å². The average molecular weight is 522 g/mol. The maximum Gasteiger partial charge on any atom is 0.283 e. The van der Waals surface area contributed by atoms with Crippen molar-refractivity contribution in [2.75, 3.05) is 25.5 Å². The Morgan fingerprint density at radius 1 is 0.872 bits per heavy atom. The van der Waals surface area contributed by atoms with E-state index in [1.807, 2.05) is 30.3 Å². The maximum absolute atomic E-state index is 11.7. The van der Waals surface area contributed by atoms with Gasteiger partial charge in [0.05, 0.1) is 18.7 Å². The highest BCUT2D eigenvalue weighted by atomic mass is 16.5. The third kappa shape index (κ3) is 5.95. The van der Waals surface area contributed by atoms with Crippen LogP contribution in [0.25, 0.3) is 22.0 Å². The fraction of sp³-hybridized carbons (Fsp3) is 0.156. The number of anilines is 2. The molecule has 7 heteroatoms. The van der Waals surface area contributed by atoms with Gasteiger partial charge in [0.1, 0.15) is 5.75 Å². The first-order valence-corrected chi connectivity index (χ1v) is 12.9. The number of aromatic nitrogens is 1. The number of hydrogen-bond donors (Lipinski definition) is 4. The fourth-order valence-corrected chi connectivity index (χ4v) is 4.70. The van der Waals surface area contributed by atoms with Gasteiger partial charge in [-0.1, -0.05) is 54.6 Å². The van der Waals surface area contributed by atoms with Crippen molar-refractivity contribution in [2.45, 2.75) is 12.5 Å². The minimum absolute atomic E-state index is 0.352. The zero-order valence-corrected chi connectivity index (χ0v) is 21.7. The summed E-state index contributed by atoms with van der Waals surface area (Å²) in [6.45, 7) is 1.04. The molecule has 0 aliphatic rings. The van der Waals surface area contributed by atoms with Gasteiger partial charge >= 0.3 is 0 Å². The van der Waals surface area contributed by atoms with Gasteiger partial charge in [0.2, 0.25) is 0 Å². The van der Waals surface area contributed by atoms with Gasteiger partial charge in [-0.15, -0.1) is 4.73 Å². The molecule has 198 valence electrons. The standard InChI is InChI=1S/C32H31N3O4/c1-39-31-16-14-25(20-28(31)23-6-3-2-4-7-23)34-24-12-10-22(11-13-24)18-19-33-21-30(36)27-8-5-9-29-26(27)15-17-32(37)35(29)38/h2-17,20,30,33-34,36,38H,18-19,21H2,1H3/t30-/m0/s1. The molecule has 39 heavy (non-hydrogen) atoms. The van der Waals surface area contributed by atoms with E-state index in [1.165, 1.54) is 11.6 Å². The predicted molar refractivity (Wildman–Crippen MR) is 155 cm³/mol. The lowest BCUT2D eigenvalue weighted by Crippen LogP contribution is -2.24. The maximum atomic E-state index is 11.7. The third-order valence-electron chi connectivity index (χ3n) is 6.76.